The zero-order chi connectivity index (χ0) is 15.3. The minimum Gasteiger partial charge on any atom is -0.480 e. The van der Waals surface area contributed by atoms with Gasteiger partial charge in [-0.1, -0.05) is 0 Å². The first-order valence-corrected chi connectivity index (χ1v) is 6.53. The second-order valence-corrected chi connectivity index (χ2v) is 5.31. The molecule has 0 aliphatic rings. The highest BCUT2D eigenvalue weighted by atomic mass is 16.4. The van der Waals surface area contributed by atoms with Crippen LogP contribution < -0.4 is 10.6 Å². The molecule has 0 saturated heterocycles. The van der Waals surface area contributed by atoms with Crippen LogP contribution in [0.5, 0.6) is 0 Å². The summed E-state index contributed by atoms with van der Waals surface area (Å²) in [5.41, 5.74) is 0.773. The SMILES string of the molecule is Cc1cc(C)n(CCCNC(=O)NC(C)(C)C(=O)O)n1. The van der Waals surface area contributed by atoms with Crippen molar-refractivity contribution in [3.05, 3.63) is 17.5 Å². The van der Waals surface area contributed by atoms with Crippen LogP contribution in [-0.4, -0.2) is 39.0 Å². The Morgan fingerprint density at radius 1 is 1.40 bits per heavy atom. The average molecular weight is 282 g/mol. The number of aliphatic carboxylic acids is 1. The van der Waals surface area contributed by atoms with E-state index in [9.17, 15) is 9.59 Å². The highest BCUT2D eigenvalue weighted by Crippen LogP contribution is 2.03. The van der Waals surface area contributed by atoms with Crippen molar-refractivity contribution < 1.29 is 14.7 Å². The molecule has 0 saturated carbocycles. The Hall–Kier alpha value is -2.05. The van der Waals surface area contributed by atoms with Crippen LogP contribution in [0.15, 0.2) is 6.07 Å². The lowest BCUT2D eigenvalue weighted by molar-refractivity contribution is -0.142. The summed E-state index contributed by atoms with van der Waals surface area (Å²) in [6.45, 7) is 7.95. The Kier molecular flexibility index (Phi) is 5.12. The smallest absolute Gasteiger partial charge is 0.328 e. The number of amides is 2. The molecule has 1 aromatic rings. The molecule has 0 aliphatic heterocycles. The highest BCUT2D eigenvalue weighted by molar-refractivity contribution is 5.85. The van der Waals surface area contributed by atoms with Gasteiger partial charge in [0, 0.05) is 18.8 Å². The molecular weight excluding hydrogens is 260 g/mol. The monoisotopic (exact) mass is 282 g/mol. The third-order valence-electron chi connectivity index (χ3n) is 2.90. The van der Waals surface area contributed by atoms with Crippen molar-refractivity contribution in [3.63, 3.8) is 0 Å². The maximum absolute atomic E-state index is 11.5. The Morgan fingerprint density at radius 2 is 2.05 bits per heavy atom. The molecule has 0 fully saturated rings. The van der Waals surface area contributed by atoms with Crippen molar-refractivity contribution in [2.24, 2.45) is 0 Å². The van der Waals surface area contributed by atoms with Gasteiger partial charge in [-0.25, -0.2) is 9.59 Å². The van der Waals surface area contributed by atoms with Gasteiger partial charge in [-0.3, -0.25) is 4.68 Å². The Bertz CT molecular complexity index is 494. The predicted molar refractivity (Wildman–Crippen MR) is 74.6 cm³/mol. The fourth-order valence-electron chi connectivity index (χ4n) is 1.71. The molecule has 20 heavy (non-hydrogen) atoms. The number of aryl methyl sites for hydroxylation is 3. The van der Waals surface area contributed by atoms with Crippen molar-refractivity contribution in [3.8, 4) is 0 Å². The van der Waals surface area contributed by atoms with Gasteiger partial charge in [-0.05, 0) is 40.2 Å². The molecule has 7 heteroatoms. The molecule has 1 heterocycles. The fourth-order valence-corrected chi connectivity index (χ4v) is 1.71. The predicted octanol–water partition coefficient (Wildman–Crippen LogP) is 1.05. The summed E-state index contributed by atoms with van der Waals surface area (Å²) < 4.78 is 1.89. The fraction of sp³-hybridized carbons (Fsp3) is 0.615. The van der Waals surface area contributed by atoms with Gasteiger partial charge >= 0.3 is 12.0 Å². The van der Waals surface area contributed by atoms with E-state index < -0.39 is 17.5 Å². The summed E-state index contributed by atoms with van der Waals surface area (Å²) in [5, 5.41) is 18.2. The van der Waals surface area contributed by atoms with Crippen LogP contribution >= 0.6 is 0 Å². The molecule has 0 unspecified atom stereocenters. The van der Waals surface area contributed by atoms with Crippen LogP contribution in [0.2, 0.25) is 0 Å². The third kappa shape index (κ3) is 4.56. The van der Waals surface area contributed by atoms with Crippen LogP contribution in [0.3, 0.4) is 0 Å². The number of hydrogen-bond acceptors (Lipinski definition) is 3. The van der Waals surface area contributed by atoms with E-state index in [0.717, 1.165) is 17.8 Å². The van der Waals surface area contributed by atoms with Crippen molar-refractivity contribution in [1.82, 2.24) is 20.4 Å². The molecule has 0 aliphatic carbocycles. The zero-order valence-corrected chi connectivity index (χ0v) is 12.4. The first kappa shape index (κ1) is 16.0. The number of carbonyl (C=O) groups excluding carboxylic acids is 1. The van der Waals surface area contributed by atoms with Crippen LogP contribution in [0.1, 0.15) is 31.7 Å². The molecule has 1 aromatic heterocycles. The summed E-state index contributed by atoms with van der Waals surface area (Å²) in [6, 6.07) is 1.51. The third-order valence-corrected chi connectivity index (χ3v) is 2.90. The van der Waals surface area contributed by atoms with Gasteiger partial charge in [0.1, 0.15) is 5.54 Å². The quantitative estimate of drug-likeness (QED) is 0.679. The molecule has 7 nitrogen and oxygen atoms in total. The number of carbonyl (C=O) groups is 2. The molecular formula is C13H22N4O3. The second-order valence-electron chi connectivity index (χ2n) is 5.31. The Morgan fingerprint density at radius 3 is 2.55 bits per heavy atom. The van der Waals surface area contributed by atoms with Gasteiger partial charge in [-0.15, -0.1) is 0 Å². The van der Waals surface area contributed by atoms with Crippen molar-refractivity contribution in [1.29, 1.82) is 0 Å². The van der Waals surface area contributed by atoms with Crippen LogP contribution in [0.25, 0.3) is 0 Å². The first-order valence-electron chi connectivity index (χ1n) is 6.53. The van der Waals surface area contributed by atoms with E-state index in [2.05, 4.69) is 15.7 Å². The highest BCUT2D eigenvalue weighted by Gasteiger charge is 2.28. The summed E-state index contributed by atoms with van der Waals surface area (Å²) in [4.78, 5) is 22.4. The molecule has 112 valence electrons. The van der Waals surface area contributed by atoms with E-state index in [1.165, 1.54) is 13.8 Å². The Labute approximate surface area is 118 Å². The lowest BCUT2D eigenvalue weighted by Crippen LogP contribution is -2.53. The number of carboxylic acids is 1. The van der Waals surface area contributed by atoms with E-state index in [0.29, 0.717) is 13.1 Å². The van der Waals surface area contributed by atoms with Gasteiger partial charge in [0.05, 0.1) is 5.69 Å². The standard InChI is InChI=1S/C13H22N4O3/c1-9-8-10(2)17(16-9)7-5-6-14-12(20)15-13(3,4)11(18)19/h8H,5-7H2,1-4H3,(H,18,19)(H2,14,15,20). The van der Waals surface area contributed by atoms with E-state index in [1.54, 1.807) is 0 Å². The minimum absolute atomic E-state index is 0.458. The number of rotatable bonds is 6. The van der Waals surface area contributed by atoms with Crippen LogP contribution in [-0.2, 0) is 11.3 Å². The molecule has 2 amide bonds. The topological polar surface area (TPSA) is 96.2 Å². The number of urea groups is 1. The molecule has 0 spiro atoms. The zero-order valence-electron chi connectivity index (χ0n) is 12.4. The van der Waals surface area contributed by atoms with E-state index >= 15 is 0 Å². The van der Waals surface area contributed by atoms with E-state index in [1.807, 2.05) is 24.6 Å². The van der Waals surface area contributed by atoms with Gasteiger partial charge < -0.3 is 15.7 Å². The maximum Gasteiger partial charge on any atom is 0.328 e. The van der Waals surface area contributed by atoms with E-state index in [4.69, 9.17) is 5.11 Å². The first-order chi connectivity index (χ1) is 9.22. The van der Waals surface area contributed by atoms with Gasteiger partial charge in [0.2, 0.25) is 0 Å². The largest absolute Gasteiger partial charge is 0.480 e. The van der Waals surface area contributed by atoms with Crippen molar-refractivity contribution in [2.75, 3.05) is 6.54 Å². The molecule has 1 rings (SSSR count). The number of nitrogens with zero attached hydrogens (tertiary/aromatic N) is 2. The second kappa shape index (κ2) is 6.40. The van der Waals surface area contributed by atoms with Gasteiger partial charge in [-0.2, -0.15) is 5.10 Å². The number of aromatic nitrogens is 2. The summed E-state index contributed by atoms with van der Waals surface area (Å²) in [7, 11) is 0. The summed E-state index contributed by atoms with van der Waals surface area (Å²) in [6.07, 6.45) is 0.725. The van der Waals surface area contributed by atoms with Gasteiger partial charge in [0.15, 0.2) is 0 Å². The minimum atomic E-state index is -1.28. The lowest BCUT2D eigenvalue weighted by Gasteiger charge is -2.21. The molecule has 0 aromatic carbocycles. The van der Waals surface area contributed by atoms with Crippen LogP contribution in [0.4, 0.5) is 4.79 Å². The number of hydrogen-bond donors (Lipinski definition) is 3. The average Bonchev–Trinajstić information content (AvgIpc) is 2.62. The maximum atomic E-state index is 11.5. The number of nitrogens with one attached hydrogen (secondary N) is 2. The lowest BCUT2D eigenvalue weighted by atomic mass is 10.1. The normalized spacial score (nSPS) is 11.2. The molecule has 0 atom stereocenters. The summed E-state index contributed by atoms with van der Waals surface area (Å²) >= 11 is 0. The van der Waals surface area contributed by atoms with Crippen LogP contribution in [0, 0.1) is 13.8 Å². The van der Waals surface area contributed by atoms with E-state index in [-0.39, 0.29) is 0 Å². The summed E-state index contributed by atoms with van der Waals surface area (Å²) in [5.74, 6) is -1.07. The Balaban J connectivity index is 2.29. The number of carboxylic acid groups (broad SMARTS) is 1. The van der Waals surface area contributed by atoms with Crippen molar-refractivity contribution in [2.45, 2.75) is 46.2 Å². The molecule has 0 bridgehead atoms. The van der Waals surface area contributed by atoms with Gasteiger partial charge in [0.25, 0.3) is 0 Å². The molecule has 3 N–H and O–H groups in total. The molecule has 0 radical (unpaired) electrons. The van der Waals surface area contributed by atoms with Crippen molar-refractivity contribution >= 4 is 12.0 Å².